The molecular weight excluding hydrogens is 276 g/mol. The van der Waals surface area contributed by atoms with Crippen LogP contribution in [0.15, 0.2) is 0 Å². The van der Waals surface area contributed by atoms with Crippen molar-refractivity contribution < 1.29 is 0 Å². The number of hydrogen-bond acceptors (Lipinski definition) is 0. The summed E-state index contributed by atoms with van der Waals surface area (Å²) in [5.41, 5.74) is 0.505. The molecule has 4 unspecified atom stereocenters. The molecule has 0 aromatic rings. The van der Waals surface area contributed by atoms with E-state index in [1.807, 2.05) is 0 Å². The van der Waals surface area contributed by atoms with Gasteiger partial charge in [-0.05, 0) is 54.3 Å². The summed E-state index contributed by atoms with van der Waals surface area (Å²) in [6.45, 7) is 21.8. The summed E-state index contributed by atoms with van der Waals surface area (Å²) in [4.78, 5) is 0. The highest BCUT2D eigenvalue weighted by atomic mass is 14.3. The number of hydrogen-bond donors (Lipinski definition) is 0. The smallest absolute Gasteiger partial charge is 0.0328 e. The average molecular weight is 325 g/mol. The number of unbranched alkanes of at least 4 members (excludes halogenated alkanes) is 1. The molecule has 140 valence electrons. The van der Waals surface area contributed by atoms with Gasteiger partial charge >= 0.3 is 0 Å². The van der Waals surface area contributed by atoms with E-state index in [-0.39, 0.29) is 0 Å². The fourth-order valence-electron chi connectivity index (χ4n) is 3.79. The highest BCUT2D eigenvalue weighted by molar-refractivity contribution is 4.77. The third-order valence-corrected chi connectivity index (χ3v) is 6.65. The van der Waals surface area contributed by atoms with Crippen LogP contribution < -0.4 is 0 Å². The molecule has 4 atom stereocenters. The molecule has 0 bridgehead atoms. The monoisotopic (exact) mass is 324 g/mol. The predicted molar refractivity (Wildman–Crippen MR) is 108 cm³/mol. The molecule has 0 aliphatic carbocycles. The van der Waals surface area contributed by atoms with Crippen LogP contribution in [0.25, 0.3) is 0 Å². The summed E-state index contributed by atoms with van der Waals surface area (Å²) in [7, 11) is 0. The standard InChI is InChI=1S/C23H48/c1-10-20(5)21(6)15-16-23(8,9)22(7)14-12-11-13-19(4)17-18(2)3/h18-22H,10-17H2,1-9H3. The quantitative estimate of drug-likeness (QED) is 0.298. The molecule has 0 radical (unpaired) electrons. The summed E-state index contributed by atoms with van der Waals surface area (Å²) in [6, 6.07) is 0. The van der Waals surface area contributed by atoms with E-state index in [0.717, 1.165) is 29.6 Å². The van der Waals surface area contributed by atoms with Gasteiger partial charge in [0.1, 0.15) is 0 Å². The molecule has 0 heterocycles. The van der Waals surface area contributed by atoms with Crippen LogP contribution in [-0.2, 0) is 0 Å². The zero-order valence-corrected chi connectivity index (χ0v) is 18.0. The molecule has 23 heavy (non-hydrogen) atoms. The molecule has 0 fully saturated rings. The van der Waals surface area contributed by atoms with Crippen LogP contribution in [0.4, 0.5) is 0 Å². The van der Waals surface area contributed by atoms with Crippen molar-refractivity contribution in [3.63, 3.8) is 0 Å². The van der Waals surface area contributed by atoms with E-state index >= 15 is 0 Å². The van der Waals surface area contributed by atoms with Crippen molar-refractivity contribution in [3.05, 3.63) is 0 Å². The molecular formula is C23H48. The molecule has 0 amide bonds. The van der Waals surface area contributed by atoms with Gasteiger partial charge in [-0.1, -0.05) is 94.4 Å². The fraction of sp³-hybridized carbons (Fsp3) is 1.00. The van der Waals surface area contributed by atoms with Crippen molar-refractivity contribution in [3.8, 4) is 0 Å². The lowest BCUT2D eigenvalue weighted by Gasteiger charge is -2.34. The van der Waals surface area contributed by atoms with Gasteiger partial charge in [-0.25, -0.2) is 0 Å². The minimum absolute atomic E-state index is 0.505. The van der Waals surface area contributed by atoms with Crippen molar-refractivity contribution in [2.75, 3.05) is 0 Å². The Labute approximate surface area is 149 Å². The topological polar surface area (TPSA) is 0 Å². The molecule has 0 aromatic carbocycles. The minimum Gasteiger partial charge on any atom is -0.0651 e. The van der Waals surface area contributed by atoms with Crippen LogP contribution in [0, 0.1) is 35.0 Å². The molecule has 0 rings (SSSR count). The first-order valence-electron chi connectivity index (χ1n) is 10.6. The van der Waals surface area contributed by atoms with E-state index in [0.29, 0.717) is 5.41 Å². The van der Waals surface area contributed by atoms with Crippen molar-refractivity contribution >= 4 is 0 Å². The van der Waals surface area contributed by atoms with Gasteiger partial charge in [-0.2, -0.15) is 0 Å². The maximum Gasteiger partial charge on any atom is -0.0328 e. The maximum absolute atomic E-state index is 2.50. The second kappa shape index (κ2) is 11.5. The Morgan fingerprint density at radius 2 is 1.30 bits per heavy atom. The fourth-order valence-corrected chi connectivity index (χ4v) is 3.79. The van der Waals surface area contributed by atoms with E-state index in [4.69, 9.17) is 0 Å². The zero-order chi connectivity index (χ0) is 18.0. The largest absolute Gasteiger partial charge is 0.0651 e. The number of rotatable bonds is 13. The van der Waals surface area contributed by atoms with Gasteiger partial charge in [0.25, 0.3) is 0 Å². The van der Waals surface area contributed by atoms with E-state index in [9.17, 15) is 0 Å². The lowest BCUT2D eigenvalue weighted by atomic mass is 9.72. The molecule has 0 nitrogen and oxygen atoms in total. The Kier molecular flexibility index (Phi) is 11.5. The van der Waals surface area contributed by atoms with Gasteiger partial charge in [0.2, 0.25) is 0 Å². The van der Waals surface area contributed by atoms with E-state index in [1.165, 1.54) is 51.4 Å². The molecule has 0 N–H and O–H groups in total. The lowest BCUT2D eigenvalue weighted by Crippen LogP contribution is -2.23. The van der Waals surface area contributed by atoms with Crippen LogP contribution in [0.5, 0.6) is 0 Å². The SMILES string of the molecule is CCC(C)C(C)CCC(C)(C)C(C)CCCCC(C)CC(C)C. The van der Waals surface area contributed by atoms with Crippen molar-refractivity contribution in [2.24, 2.45) is 35.0 Å². The maximum atomic E-state index is 2.50. The van der Waals surface area contributed by atoms with Crippen LogP contribution in [0.3, 0.4) is 0 Å². The second-order valence-electron chi connectivity index (χ2n) is 9.81. The van der Waals surface area contributed by atoms with Crippen molar-refractivity contribution in [1.82, 2.24) is 0 Å². The highest BCUT2D eigenvalue weighted by Crippen LogP contribution is 2.37. The Hall–Kier alpha value is 0. The third-order valence-electron chi connectivity index (χ3n) is 6.65. The summed E-state index contributed by atoms with van der Waals surface area (Å²) < 4.78 is 0. The van der Waals surface area contributed by atoms with E-state index in [1.54, 1.807) is 0 Å². The third kappa shape index (κ3) is 10.5. The molecule has 0 saturated heterocycles. The Morgan fingerprint density at radius 1 is 0.739 bits per heavy atom. The summed E-state index contributed by atoms with van der Waals surface area (Å²) in [5.74, 6) is 4.38. The van der Waals surface area contributed by atoms with E-state index < -0.39 is 0 Å². The first-order valence-corrected chi connectivity index (χ1v) is 10.6. The second-order valence-corrected chi connectivity index (χ2v) is 9.81. The van der Waals surface area contributed by atoms with Crippen molar-refractivity contribution in [2.45, 2.75) is 114 Å². The Morgan fingerprint density at radius 3 is 1.83 bits per heavy atom. The predicted octanol–water partition coefficient (Wildman–Crippen LogP) is 8.35. The lowest BCUT2D eigenvalue weighted by molar-refractivity contribution is 0.171. The summed E-state index contributed by atoms with van der Waals surface area (Å²) in [5, 5.41) is 0. The van der Waals surface area contributed by atoms with Gasteiger partial charge in [0.05, 0.1) is 0 Å². The van der Waals surface area contributed by atoms with Crippen LogP contribution in [0.2, 0.25) is 0 Å². The average Bonchev–Trinajstić information content (AvgIpc) is 2.47. The van der Waals surface area contributed by atoms with E-state index in [2.05, 4.69) is 62.3 Å². The van der Waals surface area contributed by atoms with Crippen molar-refractivity contribution in [1.29, 1.82) is 0 Å². The highest BCUT2D eigenvalue weighted by Gasteiger charge is 2.26. The molecule has 0 aliphatic heterocycles. The van der Waals surface area contributed by atoms with Gasteiger partial charge in [-0.3, -0.25) is 0 Å². The van der Waals surface area contributed by atoms with Gasteiger partial charge in [0, 0.05) is 0 Å². The zero-order valence-electron chi connectivity index (χ0n) is 18.0. The minimum atomic E-state index is 0.505. The van der Waals surface area contributed by atoms with Gasteiger partial charge in [-0.15, -0.1) is 0 Å². The van der Waals surface area contributed by atoms with Gasteiger partial charge in [0.15, 0.2) is 0 Å². The molecule has 0 aliphatic rings. The molecule has 0 heteroatoms. The van der Waals surface area contributed by atoms with Crippen LogP contribution in [0.1, 0.15) is 114 Å². The molecule has 0 spiro atoms. The van der Waals surface area contributed by atoms with Crippen LogP contribution >= 0.6 is 0 Å². The normalized spacial score (nSPS) is 18.0. The Bertz CT molecular complexity index is 276. The first kappa shape index (κ1) is 23.0. The summed E-state index contributed by atoms with van der Waals surface area (Å²) in [6.07, 6.45) is 11.2. The van der Waals surface area contributed by atoms with Crippen LogP contribution in [-0.4, -0.2) is 0 Å². The molecule has 0 saturated carbocycles. The van der Waals surface area contributed by atoms with Gasteiger partial charge < -0.3 is 0 Å². The summed E-state index contributed by atoms with van der Waals surface area (Å²) >= 11 is 0. The molecule has 0 aromatic heterocycles. The first-order chi connectivity index (χ1) is 10.6. The Balaban J connectivity index is 4.01.